The molecule has 0 amide bonds. The summed E-state index contributed by atoms with van der Waals surface area (Å²) >= 11 is 1.75. The van der Waals surface area contributed by atoms with Crippen molar-refractivity contribution in [2.75, 3.05) is 12.2 Å². The van der Waals surface area contributed by atoms with Crippen LogP contribution in [-0.4, -0.2) is 34.9 Å². The zero-order valence-corrected chi connectivity index (χ0v) is 26.6. The molecule has 194 valence electrons. The summed E-state index contributed by atoms with van der Waals surface area (Å²) in [5.41, 5.74) is 2.55. The third-order valence-corrected chi connectivity index (χ3v) is 9.38. The van der Waals surface area contributed by atoms with Crippen LogP contribution in [0.5, 0.6) is 0 Å². The topological polar surface area (TPSA) is 27.7 Å². The molecule has 0 bridgehead atoms. The third-order valence-electron chi connectivity index (χ3n) is 7.35. The maximum Gasteiger partial charge on any atom is 0.242 e. The molecule has 0 aliphatic heterocycles. The van der Waals surface area contributed by atoms with Gasteiger partial charge in [-0.25, -0.2) is 0 Å². The maximum atomic E-state index is 6.75. The second-order valence-electron chi connectivity index (χ2n) is 12.4. The Hall–Kier alpha value is -0.696. The third kappa shape index (κ3) is 6.74. The highest BCUT2D eigenvalue weighted by molar-refractivity contribution is 7.98. The molecule has 2 aliphatic rings. The molecule has 2 rings (SSSR count). The van der Waals surface area contributed by atoms with Crippen LogP contribution in [0.15, 0.2) is 47.5 Å². The fourth-order valence-corrected chi connectivity index (χ4v) is 7.56. The maximum absolute atomic E-state index is 6.75. The van der Waals surface area contributed by atoms with Crippen molar-refractivity contribution in [2.45, 2.75) is 98.8 Å². The van der Waals surface area contributed by atoms with E-state index in [1.54, 1.807) is 17.3 Å². The molecule has 4 atom stereocenters. The monoisotopic (exact) mass is 522 g/mol. The van der Waals surface area contributed by atoms with E-state index < -0.39 is 16.6 Å². The summed E-state index contributed by atoms with van der Waals surface area (Å²) < 4.78 is 20.0. The molecule has 0 heterocycles. The van der Waals surface area contributed by atoms with Crippen molar-refractivity contribution in [1.82, 2.24) is 0 Å². The Morgan fingerprint density at radius 1 is 1.26 bits per heavy atom. The normalized spacial score (nSPS) is 26.5. The highest BCUT2D eigenvalue weighted by Gasteiger charge is 2.51. The average molecular weight is 523 g/mol. The Morgan fingerprint density at radius 2 is 1.91 bits per heavy atom. The van der Waals surface area contributed by atoms with Gasteiger partial charge in [0, 0.05) is 16.4 Å². The van der Waals surface area contributed by atoms with E-state index in [0.29, 0.717) is 11.9 Å². The SMILES string of the molecule is C=C[C@](C)(C[C@@H](OCSC)C1(C)C2=C(CC=C2O[Si](C)(C)C)CCC1C)/C(=C/C)O[Si](C)(C)C. The van der Waals surface area contributed by atoms with Crippen LogP contribution in [-0.2, 0) is 13.6 Å². The number of hydrogen-bond acceptors (Lipinski definition) is 4. The van der Waals surface area contributed by atoms with Crippen molar-refractivity contribution >= 4 is 28.4 Å². The lowest BCUT2D eigenvalue weighted by Gasteiger charge is -2.50. The Balaban J connectivity index is 2.56. The van der Waals surface area contributed by atoms with Gasteiger partial charge in [0.2, 0.25) is 16.6 Å². The molecule has 3 nitrogen and oxygen atoms in total. The first-order valence-corrected chi connectivity index (χ1v) is 21.0. The van der Waals surface area contributed by atoms with E-state index in [4.69, 9.17) is 13.6 Å². The van der Waals surface area contributed by atoms with Crippen molar-refractivity contribution in [3.63, 3.8) is 0 Å². The van der Waals surface area contributed by atoms with Gasteiger partial charge in [0.25, 0.3) is 0 Å². The Labute approximate surface area is 216 Å². The van der Waals surface area contributed by atoms with Crippen LogP contribution in [0.3, 0.4) is 0 Å². The lowest BCUT2D eigenvalue weighted by molar-refractivity contribution is -0.0450. The molecule has 6 heteroatoms. The van der Waals surface area contributed by atoms with Crippen molar-refractivity contribution in [3.8, 4) is 0 Å². The van der Waals surface area contributed by atoms with Gasteiger partial charge in [-0.2, -0.15) is 0 Å². The molecule has 0 saturated heterocycles. The lowest BCUT2D eigenvalue weighted by atomic mass is 9.59. The number of ether oxygens (including phenoxy) is 1. The predicted octanol–water partition coefficient (Wildman–Crippen LogP) is 8.90. The summed E-state index contributed by atoms with van der Waals surface area (Å²) in [7, 11) is -3.51. The van der Waals surface area contributed by atoms with Crippen molar-refractivity contribution < 1.29 is 13.6 Å². The van der Waals surface area contributed by atoms with Crippen LogP contribution >= 0.6 is 11.8 Å². The first-order valence-electron chi connectivity index (χ1n) is 12.8. The Bertz CT molecular complexity index is 834. The number of hydrogen-bond donors (Lipinski definition) is 0. The molecule has 0 aromatic rings. The second kappa shape index (κ2) is 11.1. The summed E-state index contributed by atoms with van der Waals surface area (Å²) in [4.78, 5) is 0. The van der Waals surface area contributed by atoms with Gasteiger partial charge in [-0.1, -0.05) is 31.6 Å². The molecule has 0 aromatic carbocycles. The zero-order chi connectivity index (χ0) is 25.9. The summed E-state index contributed by atoms with van der Waals surface area (Å²) in [6.45, 7) is 27.0. The molecule has 0 spiro atoms. The molecule has 0 radical (unpaired) electrons. The fraction of sp³-hybridized carbons (Fsp3) is 0.714. The van der Waals surface area contributed by atoms with Gasteiger partial charge in [0.1, 0.15) is 5.76 Å². The van der Waals surface area contributed by atoms with Crippen LogP contribution in [0.25, 0.3) is 0 Å². The lowest BCUT2D eigenvalue weighted by Crippen LogP contribution is -2.47. The molecule has 34 heavy (non-hydrogen) atoms. The first-order chi connectivity index (χ1) is 15.6. The minimum Gasteiger partial charge on any atom is -0.547 e. The largest absolute Gasteiger partial charge is 0.547 e. The van der Waals surface area contributed by atoms with Crippen molar-refractivity contribution in [2.24, 2.45) is 16.7 Å². The van der Waals surface area contributed by atoms with E-state index in [-0.39, 0.29) is 16.9 Å². The van der Waals surface area contributed by atoms with E-state index in [2.05, 4.69) is 98.0 Å². The Kier molecular flexibility index (Phi) is 9.68. The van der Waals surface area contributed by atoms with E-state index >= 15 is 0 Å². The summed E-state index contributed by atoms with van der Waals surface area (Å²) in [5.74, 6) is 3.33. The van der Waals surface area contributed by atoms with Gasteiger partial charge < -0.3 is 13.6 Å². The quantitative estimate of drug-likeness (QED) is 0.111. The van der Waals surface area contributed by atoms with Gasteiger partial charge >= 0.3 is 0 Å². The molecule has 2 unspecified atom stereocenters. The Morgan fingerprint density at radius 3 is 2.41 bits per heavy atom. The van der Waals surface area contributed by atoms with Crippen LogP contribution in [0.1, 0.15) is 53.4 Å². The van der Waals surface area contributed by atoms with Gasteiger partial charge in [0.15, 0.2) is 0 Å². The molecule has 0 aromatic heterocycles. The number of rotatable bonds is 12. The van der Waals surface area contributed by atoms with E-state index in [9.17, 15) is 0 Å². The molecule has 0 saturated carbocycles. The van der Waals surface area contributed by atoms with Crippen LogP contribution in [0, 0.1) is 16.7 Å². The standard InChI is InChI=1S/C28H50O3SSi2/c1-13-24(31-34(10,11)12)27(4,14-2)19-25(29-20-32-6)28(5)21(3)15-16-22-17-18-23(26(22)28)30-33(7,8)9/h13-14,18,21,25H,2,15-17,19-20H2,1,3-12H3/b24-13-/t21?,25-,27-,28?/m1/s1. The number of thioether (sulfide) groups is 1. The fourth-order valence-electron chi connectivity index (χ4n) is 5.40. The van der Waals surface area contributed by atoms with Gasteiger partial charge in [-0.15, -0.1) is 18.3 Å². The van der Waals surface area contributed by atoms with Crippen LogP contribution in [0.2, 0.25) is 39.3 Å². The van der Waals surface area contributed by atoms with E-state index in [1.165, 1.54) is 12.0 Å². The highest BCUT2D eigenvalue weighted by atomic mass is 32.2. The van der Waals surface area contributed by atoms with E-state index in [0.717, 1.165) is 30.8 Å². The van der Waals surface area contributed by atoms with Crippen LogP contribution in [0.4, 0.5) is 0 Å². The highest BCUT2D eigenvalue weighted by Crippen LogP contribution is 2.56. The summed E-state index contributed by atoms with van der Waals surface area (Å²) in [6, 6.07) is 0. The molecule has 2 aliphatic carbocycles. The van der Waals surface area contributed by atoms with Gasteiger partial charge in [-0.05, 0) is 97.1 Å². The second-order valence-corrected chi connectivity index (χ2v) is 22.1. The van der Waals surface area contributed by atoms with Gasteiger partial charge in [0.05, 0.1) is 17.8 Å². The zero-order valence-electron chi connectivity index (χ0n) is 23.8. The van der Waals surface area contributed by atoms with Crippen molar-refractivity contribution in [1.29, 1.82) is 0 Å². The molecular formula is C28H50O3SSi2. The minimum atomic E-state index is -1.77. The number of allylic oxidation sites excluding steroid dienone is 5. The van der Waals surface area contributed by atoms with Gasteiger partial charge in [-0.3, -0.25) is 0 Å². The average Bonchev–Trinajstić information content (AvgIpc) is 3.13. The van der Waals surface area contributed by atoms with Crippen LogP contribution < -0.4 is 0 Å². The molecule has 0 N–H and O–H groups in total. The smallest absolute Gasteiger partial charge is 0.242 e. The first kappa shape index (κ1) is 29.5. The minimum absolute atomic E-state index is 0.0233. The van der Waals surface area contributed by atoms with E-state index in [1.807, 2.05) is 0 Å². The van der Waals surface area contributed by atoms with Crippen molar-refractivity contribution in [3.05, 3.63) is 47.5 Å². The molecular weight excluding hydrogens is 473 g/mol. The summed E-state index contributed by atoms with van der Waals surface area (Å²) in [6.07, 6.45) is 12.9. The molecule has 0 fully saturated rings. The predicted molar refractivity (Wildman–Crippen MR) is 155 cm³/mol. The summed E-state index contributed by atoms with van der Waals surface area (Å²) in [5, 5.41) is 0.